The standard InChI is InChI=1S/C24H15ClN2O3S3/c1-26-24-18(11-13-32-24)22-19-14-16(30-2)7-10-20(19)27(23(22)21-4-3-12-31-21)33(28,29)17-8-5-15(25)6-9-17/h3-14H,2H3. The highest BCUT2D eigenvalue weighted by Crippen LogP contribution is 2.49. The molecule has 0 bridgehead atoms. The van der Waals surface area contributed by atoms with Gasteiger partial charge in [0, 0.05) is 21.5 Å². The van der Waals surface area contributed by atoms with E-state index in [1.165, 1.54) is 38.8 Å². The lowest BCUT2D eigenvalue weighted by molar-refractivity contribution is 0.415. The van der Waals surface area contributed by atoms with Crippen LogP contribution in [0.5, 0.6) is 5.75 Å². The van der Waals surface area contributed by atoms with Gasteiger partial charge in [-0.1, -0.05) is 23.7 Å². The summed E-state index contributed by atoms with van der Waals surface area (Å²) in [5.41, 5.74) is 2.41. The summed E-state index contributed by atoms with van der Waals surface area (Å²) in [6, 6.07) is 17.1. The van der Waals surface area contributed by atoms with Crippen LogP contribution in [0.3, 0.4) is 0 Å². The van der Waals surface area contributed by atoms with Gasteiger partial charge >= 0.3 is 0 Å². The Morgan fingerprint density at radius 2 is 1.82 bits per heavy atom. The number of hydrogen-bond acceptors (Lipinski definition) is 5. The molecule has 0 atom stereocenters. The SMILES string of the molecule is [C-]#[N+]c1sccc1-c1c(-c2cccs2)n(S(=O)(=O)c2ccc(Cl)cc2)c2ccc(OC)cc12. The van der Waals surface area contributed by atoms with E-state index in [0.717, 1.165) is 4.88 Å². The van der Waals surface area contributed by atoms with E-state index in [0.29, 0.717) is 43.5 Å². The van der Waals surface area contributed by atoms with Crippen molar-refractivity contribution in [2.45, 2.75) is 4.90 Å². The van der Waals surface area contributed by atoms with E-state index in [4.69, 9.17) is 22.9 Å². The third-order valence-corrected chi connectivity index (χ3v) is 8.92. The molecule has 0 aliphatic carbocycles. The van der Waals surface area contributed by atoms with E-state index in [2.05, 4.69) is 4.85 Å². The quantitative estimate of drug-likeness (QED) is 0.229. The fraction of sp³-hybridized carbons (Fsp3) is 0.0417. The molecule has 33 heavy (non-hydrogen) atoms. The van der Waals surface area contributed by atoms with Gasteiger partial charge in [0.2, 0.25) is 5.00 Å². The summed E-state index contributed by atoms with van der Waals surface area (Å²) in [5, 5.41) is 5.39. The van der Waals surface area contributed by atoms with Gasteiger partial charge in [-0.05, 0) is 59.3 Å². The Balaban J connectivity index is 1.97. The van der Waals surface area contributed by atoms with Crippen molar-refractivity contribution >= 4 is 60.2 Å². The zero-order valence-electron chi connectivity index (χ0n) is 17.2. The van der Waals surface area contributed by atoms with E-state index in [9.17, 15) is 8.42 Å². The van der Waals surface area contributed by atoms with Crippen molar-refractivity contribution in [3.8, 4) is 27.4 Å². The smallest absolute Gasteiger partial charge is 0.268 e. The average molecular weight is 511 g/mol. The zero-order valence-corrected chi connectivity index (χ0v) is 20.4. The Bertz CT molecular complexity index is 1620. The molecule has 0 saturated carbocycles. The summed E-state index contributed by atoms with van der Waals surface area (Å²) in [6.45, 7) is 7.64. The van der Waals surface area contributed by atoms with Crippen molar-refractivity contribution in [2.75, 3.05) is 7.11 Å². The molecule has 0 spiro atoms. The fourth-order valence-corrected chi connectivity index (χ4v) is 6.99. The topological polar surface area (TPSA) is 52.7 Å². The number of rotatable bonds is 5. The minimum absolute atomic E-state index is 0.125. The first kappa shape index (κ1) is 21.7. The predicted molar refractivity (Wildman–Crippen MR) is 135 cm³/mol. The number of nitrogens with zero attached hydrogens (tertiary/aromatic N) is 2. The third kappa shape index (κ3) is 3.54. The van der Waals surface area contributed by atoms with Crippen LogP contribution in [0.4, 0.5) is 5.00 Å². The van der Waals surface area contributed by atoms with Gasteiger partial charge in [0.05, 0.1) is 34.7 Å². The summed E-state index contributed by atoms with van der Waals surface area (Å²) in [6.07, 6.45) is 0. The summed E-state index contributed by atoms with van der Waals surface area (Å²) in [4.78, 5) is 4.59. The Kier molecular flexibility index (Phi) is 5.51. The molecule has 5 nitrogen and oxygen atoms in total. The summed E-state index contributed by atoms with van der Waals surface area (Å²) < 4.78 is 34.8. The van der Waals surface area contributed by atoms with E-state index in [-0.39, 0.29) is 4.90 Å². The van der Waals surface area contributed by atoms with Gasteiger partial charge in [-0.15, -0.1) is 11.3 Å². The highest BCUT2D eigenvalue weighted by Gasteiger charge is 2.30. The van der Waals surface area contributed by atoms with Gasteiger partial charge in [-0.2, -0.15) is 11.3 Å². The molecular formula is C24H15ClN2O3S3. The first-order valence-corrected chi connectivity index (χ1v) is 13.3. The molecular weight excluding hydrogens is 496 g/mol. The van der Waals surface area contributed by atoms with Gasteiger partial charge in [0.25, 0.3) is 10.0 Å². The van der Waals surface area contributed by atoms with Crippen LogP contribution in [-0.4, -0.2) is 19.5 Å². The third-order valence-electron chi connectivity index (χ3n) is 5.25. The molecule has 0 fully saturated rings. The molecule has 0 aliphatic heterocycles. The molecule has 0 aliphatic rings. The maximum atomic E-state index is 14.0. The Morgan fingerprint density at radius 1 is 1.03 bits per heavy atom. The van der Waals surface area contributed by atoms with Crippen LogP contribution in [-0.2, 0) is 10.0 Å². The fourth-order valence-electron chi connectivity index (χ4n) is 3.82. The first-order valence-electron chi connectivity index (χ1n) is 9.68. The van der Waals surface area contributed by atoms with Crippen LogP contribution in [0.15, 0.2) is 76.3 Å². The molecule has 0 unspecified atom stereocenters. The van der Waals surface area contributed by atoms with Crippen molar-refractivity contribution in [3.63, 3.8) is 0 Å². The van der Waals surface area contributed by atoms with Gasteiger partial charge in [-0.3, -0.25) is 0 Å². The molecule has 9 heteroatoms. The Morgan fingerprint density at radius 3 is 2.48 bits per heavy atom. The summed E-state index contributed by atoms with van der Waals surface area (Å²) >= 11 is 8.78. The minimum Gasteiger partial charge on any atom is -0.497 e. The van der Waals surface area contributed by atoms with E-state index < -0.39 is 10.0 Å². The Hall–Kier alpha value is -3.09. The zero-order chi connectivity index (χ0) is 23.2. The van der Waals surface area contributed by atoms with Gasteiger partial charge in [-0.25, -0.2) is 17.2 Å². The van der Waals surface area contributed by atoms with Crippen molar-refractivity contribution in [1.29, 1.82) is 0 Å². The molecule has 5 aromatic rings. The van der Waals surface area contributed by atoms with Crippen LogP contribution < -0.4 is 4.74 Å². The van der Waals surface area contributed by atoms with Crippen LogP contribution >= 0.6 is 34.3 Å². The highest BCUT2D eigenvalue weighted by molar-refractivity contribution is 7.90. The van der Waals surface area contributed by atoms with Gasteiger partial charge in [0.15, 0.2) is 0 Å². The van der Waals surface area contributed by atoms with E-state index in [1.807, 2.05) is 35.0 Å². The molecule has 2 aromatic carbocycles. The molecule has 0 radical (unpaired) electrons. The number of aromatic nitrogens is 1. The normalized spacial score (nSPS) is 11.5. The molecule has 164 valence electrons. The van der Waals surface area contributed by atoms with Crippen LogP contribution in [0.2, 0.25) is 5.02 Å². The van der Waals surface area contributed by atoms with Crippen molar-refractivity contribution in [2.24, 2.45) is 0 Å². The van der Waals surface area contributed by atoms with Gasteiger partial charge in [0.1, 0.15) is 5.75 Å². The second-order valence-electron chi connectivity index (χ2n) is 7.06. The lowest BCUT2D eigenvalue weighted by atomic mass is 10.0. The number of methoxy groups -OCH3 is 1. The minimum atomic E-state index is -4.00. The molecule has 5 rings (SSSR count). The largest absolute Gasteiger partial charge is 0.497 e. The summed E-state index contributed by atoms with van der Waals surface area (Å²) in [5.74, 6) is 0.599. The van der Waals surface area contributed by atoms with Crippen molar-refractivity contribution in [1.82, 2.24) is 3.97 Å². The molecule has 0 amide bonds. The Labute approximate surface area is 203 Å². The second-order valence-corrected chi connectivity index (χ2v) is 11.1. The summed E-state index contributed by atoms with van der Waals surface area (Å²) in [7, 11) is -2.43. The maximum absolute atomic E-state index is 14.0. The number of halogens is 1. The number of fused-ring (bicyclic) bond motifs is 1. The number of ether oxygens (including phenoxy) is 1. The molecule has 0 N–H and O–H groups in total. The van der Waals surface area contributed by atoms with Crippen LogP contribution in [0.25, 0.3) is 37.4 Å². The van der Waals surface area contributed by atoms with Crippen molar-refractivity contribution < 1.29 is 13.2 Å². The number of thiophene rings is 2. The average Bonchev–Trinajstić information content (AvgIpc) is 3.56. The predicted octanol–water partition coefficient (Wildman–Crippen LogP) is 7.55. The molecule has 0 saturated heterocycles. The first-order chi connectivity index (χ1) is 16.0. The van der Waals surface area contributed by atoms with Crippen molar-refractivity contribution in [3.05, 3.63) is 87.9 Å². The monoisotopic (exact) mass is 510 g/mol. The number of benzene rings is 2. The lowest BCUT2D eigenvalue weighted by Crippen LogP contribution is -2.14. The number of hydrogen-bond donors (Lipinski definition) is 0. The van der Waals surface area contributed by atoms with Gasteiger partial charge < -0.3 is 4.74 Å². The van der Waals surface area contributed by atoms with E-state index >= 15 is 0 Å². The van der Waals surface area contributed by atoms with E-state index in [1.54, 1.807) is 31.4 Å². The lowest BCUT2D eigenvalue weighted by Gasteiger charge is -2.12. The second kappa shape index (κ2) is 8.36. The van der Waals surface area contributed by atoms with Crippen LogP contribution in [0, 0.1) is 6.57 Å². The maximum Gasteiger partial charge on any atom is 0.268 e. The van der Waals surface area contributed by atoms with Crippen LogP contribution in [0.1, 0.15) is 0 Å². The molecule has 3 aromatic heterocycles. The molecule has 3 heterocycles. The highest BCUT2D eigenvalue weighted by atomic mass is 35.5.